The van der Waals surface area contributed by atoms with Crippen molar-refractivity contribution in [3.05, 3.63) is 54.6 Å². The largest absolute Gasteiger partial charge is 0.292 e. The molecule has 0 unspecified atom stereocenters. The zero-order valence-electron chi connectivity index (χ0n) is 10.4. The molecule has 0 amide bonds. The SMILES string of the molecule is CC(=O)C(Cl)=NNc1cccc(-c2ccccc2)c1. The number of rotatable bonds is 4. The Hall–Kier alpha value is -2.13. The average molecular weight is 273 g/mol. The third-order valence-electron chi connectivity index (χ3n) is 2.54. The van der Waals surface area contributed by atoms with Gasteiger partial charge >= 0.3 is 0 Å². The summed E-state index contributed by atoms with van der Waals surface area (Å²) in [6.07, 6.45) is 0. The highest BCUT2D eigenvalue weighted by atomic mass is 35.5. The zero-order chi connectivity index (χ0) is 13.7. The van der Waals surface area contributed by atoms with E-state index < -0.39 is 0 Å². The van der Waals surface area contributed by atoms with Gasteiger partial charge in [-0.05, 0) is 23.3 Å². The minimum Gasteiger partial charge on any atom is -0.292 e. The molecule has 0 aliphatic heterocycles. The summed E-state index contributed by atoms with van der Waals surface area (Å²) < 4.78 is 0. The first-order valence-corrected chi connectivity index (χ1v) is 6.20. The Labute approximate surface area is 116 Å². The summed E-state index contributed by atoms with van der Waals surface area (Å²) in [5.74, 6) is -0.270. The number of halogens is 1. The Bertz CT molecular complexity index is 609. The van der Waals surface area contributed by atoms with Crippen LogP contribution in [0.25, 0.3) is 11.1 Å². The third kappa shape index (κ3) is 3.66. The molecule has 0 heterocycles. The van der Waals surface area contributed by atoms with Gasteiger partial charge in [-0.3, -0.25) is 10.2 Å². The Morgan fingerprint density at radius 3 is 2.42 bits per heavy atom. The Balaban J connectivity index is 2.21. The van der Waals surface area contributed by atoms with E-state index in [1.54, 1.807) is 0 Å². The lowest BCUT2D eigenvalue weighted by Gasteiger charge is -2.05. The molecule has 19 heavy (non-hydrogen) atoms. The van der Waals surface area contributed by atoms with Crippen LogP contribution >= 0.6 is 11.6 Å². The van der Waals surface area contributed by atoms with Gasteiger partial charge in [-0.1, -0.05) is 54.1 Å². The second kappa shape index (κ2) is 6.16. The van der Waals surface area contributed by atoms with Gasteiger partial charge in [-0.15, -0.1) is 0 Å². The van der Waals surface area contributed by atoms with E-state index in [9.17, 15) is 4.79 Å². The standard InChI is InChI=1S/C15H13ClN2O/c1-11(19)15(16)18-17-14-9-5-8-13(10-14)12-6-3-2-4-7-12/h2-10,17H,1H3. The predicted molar refractivity (Wildman–Crippen MR) is 79.5 cm³/mol. The van der Waals surface area contributed by atoms with Gasteiger partial charge in [0.15, 0.2) is 11.0 Å². The molecule has 0 aliphatic carbocycles. The van der Waals surface area contributed by atoms with E-state index in [2.05, 4.69) is 10.5 Å². The number of carbonyl (C=O) groups is 1. The van der Waals surface area contributed by atoms with Crippen molar-refractivity contribution in [2.75, 3.05) is 5.43 Å². The number of nitrogens with zero attached hydrogens (tertiary/aromatic N) is 1. The molecule has 0 atom stereocenters. The van der Waals surface area contributed by atoms with Crippen LogP contribution in [-0.4, -0.2) is 11.0 Å². The van der Waals surface area contributed by atoms with E-state index in [0.29, 0.717) is 0 Å². The Morgan fingerprint density at radius 1 is 1.05 bits per heavy atom. The zero-order valence-corrected chi connectivity index (χ0v) is 11.2. The van der Waals surface area contributed by atoms with E-state index in [4.69, 9.17) is 11.6 Å². The molecule has 0 bridgehead atoms. The highest BCUT2D eigenvalue weighted by Crippen LogP contribution is 2.22. The average Bonchev–Trinajstić information content (AvgIpc) is 2.46. The summed E-state index contributed by atoms with van der Waals surface area (Å²) >= 11 is 5.66. The number of nitrogens with one attached hydrogen (secondary N) is 1. The van der Waals surface area contributed by atoms with Gasteiger partial charge in [0.1, 0.15) is 0 Å². The molecule has 0 aromatic heterocycles. The van der Waals surface area contributed by atoms with Crippen molar-refractivity contribution in [2.45, 2.75) is 6.92 Å². The number of hydrogen-bond acceptors (Lipinski definition) is 3. The smallest absolute Gasteiger partial charge is 0.191 e. The van der Waals surface area contributed by atoms with Crippen LogP contribution in [0.5, 0.6) is 0 Å². The fraction of sp³-hybridized carbons (Fsp3) is 0.0667. The first-order valence-electron chi connectivity index (χ1n) is 5.82. The molecule has 0 aliphatic rings. The number of ketones is 1. The number of carbonyl (C=O) groups excluding carboxylic acids is 1. The van der Waals surface area contributed by atoms with E-state index in [1.165, 1.54) is 6.92 Å². The molecule has 2 aromatic rings. The molecule has 0 saturated heterocycles. The van der Waals surface area contributed by atoms with Crippen LogP contribution in [0.15, 0.2) is 59.7 Å². The van der Waals surface area contributed by atoms with Gasteiger partial charge in [0.05, 0.1) is 5.69 Å². The number of Topliss-reactive ketones (excluding diaryl/α,β-unsaturated/α-hetero) is 1. The first kappa shape index (κ1) is 13.3. The van der Waals surface area contributed by atoms with Crippen LogP contribution in [-0.2, 0) is 4.79 Å². The molecule has 0 radical (unpaired) electrons. The lowest BCUT2D eigenvalue weighted by molar-refractivity contribution is -0.110. The lowest BCUT2D eigenvalue weighted by atomic mass is 10.1. The summed E-state index contributed by atoms with van der Waals surface area (Å²) in [7, 11) is 0. The van der Waals surface area contributed by atoms with E-state index in [1.807, 2.05) is 54.6 Å². The number of benzene rings is 2. The summed E-state index contributed by atoms with van der Waals surface area (Å²) in [5, 5.41) is 3.75. The molecular formula is C15H13ClN2O. The van der Waals surface area contributed by atoms with Gasteiger partial charge in [0.2, 0.25) is 0 Å². The number of hydrogen-bond donors (Lipinski definition) is 1. The monoisotopic (exact) mass is 272 g/mol. The van der Waals surface area contributed by atoms with Crippen molar-refractivity contribution in [3.8, 4) is 11.1 Å². The third-order valence-corrected chi connectivity index (χ3v) is 2.89. The molecule has 1 N–H and O–H groups in total. The minimum atomic E-state index is -0.270. The molecule has 4 heteroatoms. The fourth-order valence-corrected chi connectivity index (χ4v) is 1.63. The maximum absolute atomic E-state index is 11.0. The molecule has 3 nitrogen and oxygen atoms in total. The van der Waals surface area contributed by atoms with Crippen LogP contribution in [0.1, 0.15) is 6.92 Å². The van der Waals surface area contributed by atoms with Gasteiger partial charge in [0.25, 0.3) is 0 Å². The Morgan fingerprint density at radius 2 is 1.74 bits per heavy atom. The predicted octanol–water partition coefficient (Wildman–Crippen LogP) is 3.91. The molecule has 2 aromatic carbocycles. The van der Waals surface area contributed by atoms with Crippen LogP contribution < -0.4 is 5.43 Å². The van der Waals surface area contributed by atoms with Crippen molar-refractivity contribution >= 4 is 28.2 Å². The summed E-state index contributed by atoms with van der Waals surface area (Å²) in [5.41, 5.74) is 5.74. The van der Waals surface area contributed by atoms with Crippen LogP contribution in [0.4, 0.5) is 5.69 Å². The maximum atomic E-state index is 11.0. The van der Waals surface area contributed by atoms with E-state index in [0.717, 1.165) is 16.8 Å². The number of anilines is 1. The molecule has 96 valence electrons. The van der Waals surface area contributed by atoms with Gasteiger partial charge in [-0.25, -0.2) is 0 Å². The fourth-order valence-electron chi connectivity index (χ4n) is 1.59. The second-order valence-electron chi connectivity index (χ2n) is 4.02. The second-order valence-corrected chi connectivity index (χ2v) is 4.38. The molecule has 0 spiro atoms. The van der Waals surface area contributed by atoms with Crippen molar-refractivity contribution in [2.24, 2.45) is 5.10 Å². The first-order chi connectivity index (χ1) is 9.16. The van der Waals surface area contributed by atoms with Crippen molar-refractivity contribution in [1.82, 2.24) is 0 Å². The quantitative estimate of drug-likeness (QED) is 0.677. The van der Waals surface area contributed by atoms with Crippen molar-refractivity contribution in [3.63, 3.8) is 0 Å². The molecule has 0 fully saturated rings. The van der Waals surface area contributed by atoms with E-state index >= 15 is 0 Å². The maximum Gasteiger partial charge on any atom is 0.191 e. The Kier molecular flexibility index (Phi) is 4.31. The highest BCUT2D eigenvalue weighted by Gasteiger charge is 2.01. The molecule has 2 rings (SSSR count). The van der Waals surface area contributed by atoms with Gasteiger partial charge in [0, 0.05) is 6.92 Å². The molecule has 0 saturated carbocycles. The number of hydrazone groups is 1. The highest BCUT2D eigenvalue weighted by molar-refractivity contribution is 6.82. The minimum absolute atomic E-state index is 0.0647. The van der Waals surface area contributed by atoms with Crippen LogP contribution in [0.3, 0.4) is 0 Å². The van der Waals surface area contributed by atoms with Crippen molar-refractivity contribution in [1.29, 1.82) is 0 Å². The summed E-state index contributed by atoms with van der Waals surface area (Å²) in [4.78, 5) is 11.0. The van der Waals surface area contributed by atoms with Crippen LogP contribution in [0, 0.1) is 0 Å². The lowest BCUT2D eigenvalue weighted by Crippen LogP contribution is -2.04. The topological polar surface area (TPSA) is 41.5 Å². The van der Waals surface area contributed by atoms with Gasteiger partial charge in [-0.2, -0.15) is 5.10 Å². The van der Waals surface area contributed by atoms with Crippen LogP contribution in [0.2, 0.25) is 0 Å². The van der Waals surface area contributed by atoms with Gasteiger partial charge < -0.3 is 0 Å². The van der Waals surface area contributed by atoms with E-state index in [-0.39, 0.29) is 11.0 Å². The molecular weight excluding hydrogens is 260 g/mol. The summed E-state index contributed by atoms with van der Waals surface area (Å²) in [6, 6.07) is 17.8. The summed E-state index contributed by atoms with van der Waals surface area (Å²) in [6.45, 7) is 1.37. The van der Waals surface area contributed by atoms with Crippen molar-refractivity contribution < 1.29 is 4.79 Å². The normalized spacial score (nSPS) is 11.2.